The Morgan fingerprint density at radius 1 is 1.29 bits per heavy atom. The van der Waals surface area contributed by atoms with Crippen molar-refractivity contribution in [1.82, 2.24) is 20.1 Å². The molecule has 1 saturated heterocycles. The van der Waals surface area contributed by atoms with Crippen molar-refractivity contribution in [2.24, 2.45) is 5.41 Å². The fraction of sp³-hybridized carbons (Fsp3) is 0.407. The summed E-state index contributed by atoms with van der Waals surface area (Å²) in [7, 11) is 0. The van der Waals surface area contributed by atoms with Gasteiger partial charge in [-0.15, -0.1) is 0 Å². The maximum absolute atomic E-state index is 15.2. The fourth-order valence-corrected chi connectivity index (χ4v) is 5.22. The number of pyridine rings is 1. The molecule has 1 fully saturated rings. The number of piperidine rings is 1. The largest absolute Gasteiger partial charge is 0.481 e. The summed E-state index contributed by atoms with van der Waals surface area (Å²) in [6.45, 7) is 6.01. The minimum atomic E-state index is -1.19. The van der Waals surface area contributed by atoms with Crippen molar-refractivity contribution < 1.29 is 23.5 Å². The summed E-state index contributed by atoms with van der Waals surface area (Å²) in [6.07, 6.45) is 0.621. The van der Waals surface area contributed by atoms with Gasteiger partial charge in [-0.3, -0.25) is 19.6 Å². The van der Waals surface area contributed by atoms with Crippen molar-refractivity contribution >= 4 is 35.0 Å². The molecule has 1 aliphatic heterocycles. The number of rotatable bonds is 9. The van der Waals surface area contributed by atoms with Crippen LogP contribution in [0.4, 0.5) is 20.4 Å². The Kier molecular flexibility index (Phi) is 8.13. The van der Waals surface area contributed by atoms with Gasteiger partial charge in [0.2, 0.25) is 0 Å². The van der Waals surface area contributed by atoms with Crippen LogP contribution in [0.2, 0.25) is 5.02 Å². The highest BCUT2D eigenvalue weighted by molar-refractivity contribution is 6.30. The molecular weight excluding hydrogens is 516 g/mol. The van der Waals surface area contributed by atoms with Crippen molar-refractivity contribution in [3.8, 4) is 0 Å². The molecule has 202 valence electrons. The van der Waals surface area contributed by atoms with Gasteiger partial charge in [0.15, 0.2) is 23.2 Å². The molecule has 1 aliphatic rings. The van der Waals surface area contributed by atoms with Crippen LogP contribution in [0.5, 0.6) is 0 Å². The summed E-state index contributed by atoms with van der Waals surface area (Å²) in [5.41, 5.74) is 0.147. The van der Waals surface area contributed by atoms with Crippen LogP contribution < -0.4 is 5.32 Å². The predicted molar refractivity (Wildman–Crippen MR) is 140 cm³/mol. The lowest BCUT2D eigenvalue weighted by Crippen LogP contribution is -2.49. The first-order valence-corrected chi connectivity index (χ1v) is 12.8. The number of ketones is 1. The van der Waals surface area contributed by atoms with Crippen LogP contribution in [0.15, 0.2) is 30.3 Å². The van der Waals surface area contributed by atoms with Gasteiger partial charge in [0.25, 0.3) is 0 Å². The molecule has 0 spiro atoms. The maximum atomic E-state index is 15.2. The molecule has 0 saturated carbocycles. The molecule has 4 rings (SSSR count). The normalized spacial score (nSPS) is 19.9. The highest BCUT2D eigenvalue weighted by Gasteiger charge is 2.45. The van der Waals surface area contributed by atoms with Gasteiger partial charge in [-0.25, -0.2) is 13.8 Å². The lowest BCUT2D eigenvalue weighted by atomic mass is 9.72. The minimum Gasteiger partial charge on any atom is -0.481 e. The van der Waals surface area contributed by atoms with Gasteiger partial charge < -0.3 is 10.4 Å². The molecule has 0 bridgehead atoms. The zero-order chi connectivity index (χ0) is 27.6. The van der Waals surface area contributed by atoms with Gasteiger partial charge in [0.1, 0.15) is 5.82 Å². The number of carboxylic acid groups (broad SMARTS) is 1. The van der Waals surface area contributed by atoms with Gasteiger partial charge in [0, 0.05) is 48.4 Å². The third-order valence-corrected chi connectivity index (χ3v) is 7.44. The summed E-state index contributed by atoms with van der Waals surface area (Å²) >= 11 is 5.93. The molecular formula is C27H30ClF2N5O3. The zero-order valence-electron chi connectivity index (χ0n) is 21.4. The van der Waals surface area contributed by atoms with E-state index in [1.807, 2.05) is 11.8 Å². The average molecular weight is 546 g/mol. The van der Waals surface area contributed by atoms with E-state index in [-0.39, 0.29) is 48.1 Å². The highest BCUT2D eigenvalue weighted by atomic mass is 35.5. The van der Waals surface area contributed by atoms with Crippen LogP contribution in [0.3, 0.4) is 0 Å². The summed E-state index contributed by atoms with van der Waals surface area (Å²) < 4.78 is 29.7. The predicted octanol–water partition coefficient (Wildman–Crippen LogP) is 5.68. The van der Waals surface area contributed by atoms with Gasteiger partial charge in [-0.2, -0.15) is 5.10 Å². The number of anilines is 2. The lowest BCUT2D eigenvalue weighted by Gasteiger charge is -2.43. The highest BCUT2D eigenvalue weighted by Crippen LogP contribution is 2.40. The van der Waals surface area contributed by atoms with E-state index in [1.165, 1.54) is 12.1 Å². The molecule has 0 aliphatic carbocycles. The smallest absolute Gasteiger partial charge is 0.310 e. The molecule has 8 nitrogen and oxygen atoms in total. The van der Waals surface area contributed by atoms with Crippen molar-refractivity contribution in [2.75, 3.05) is 11.9 Å². The Labute approximate surface area is 224 Å². The first kappa shape index (κ1) is 27.7. The molecule has 0 radical (unpaired) electrons. The topological polar surface area (TPSA) is 111 Å². The summed E-state index contributed by atoms with van der Waals surface area (Å²) in [5.74, 6) is -2.56. The number of hydrogen-bond donors (Lipinski definition) is 3. The number of benzene rings is 1. The quantitative estimate of drug-likeness (QED) is 0.297. The second-order valence-corrected chi connectivity index (χ2v) is 10.3. The molecule has 1 aromatic carbocycles. The Balaban J connectivity index is 1.61. The molecule has 38 heavy (non-hydrogen) atoms. The van der Waals surface area contributed by atoms with Crippen molar-refractivity contribution in [1.29, 1.82) is 0 Å². The summed E-state index contributed by atoms with van der Waals surface area (Å²) in [4.78, 5) is 31.6. The van der Waals surface area contributed by atoms with E-state index in [0.717, 1.165) is 5.69 Å². The van der Waals surface area contributed by atoms with E-state index in [1.54, 1.807) is 32.0 Å². The Morgan fingerprint density at radius 2 is 2.05 bits per heavy atom. The number of nitrogens with zero attached hydrogens (tertiary/aromatic N) is 3. The Morgan fingerprint density at radius 3 is 2.68 bits per heavy atom. The third-order valence-electron chi connectivity index (χ3n) is 7.15. The third kappa shape index (κ3) is 5.71. The molecule has 0 unspecified atom stereocenters. The van der Waals surface area contributed by atoms with E-state index in [9.17, 15) is 19.1 Å². The van der Waals surface area contributed by atoms with E-state index in [0.29, 0.717) is 30.2 Å². The molecule has 11 heteroatoms. The molecule has 3 heterocycles. The van der Waals surface area contributed by atoms with E-state index in [2.05, 4.69) is 20.5 Å². The number of aryl methyl sites for hydroxylation is 1. The van der Waals surface area contributed by atoms with Crippen LogP contribution in [0, 0.1) is 24.0 Å². The Hall–Kier alpha value is -3.37. The number of hydrogen-bond acceptors (Lipinski definition) is 6. The second-order valence-electron chi connectivity index (χ2n) is 9.91. The number of carbonyl (C=O) groups is 2. The Bertz CT molecular complexity index is 1360. The summed E-state index contributed by atoms with van der Waals surface area (Å²) in [5, 5.41) is 19.9. The van der Waals surface area contributed by atoms with Gasteiger partial charge in [0.05, 0.1) is 16.0 Å². The SMILES string of the molecule is CCC(=O)c1cc(C[C@@]2(C(=O)O)CCN(Cc3cccc(Cl)c3F)[C@H](C)C2)nc(Nc2cc(C)[nH]n2)c1F. The number of likely N-dealkylation sites (tertiary alicyclic amines) is 1. The zero-order valence-corrected chi connectivity index (χ0v) is 22.2. The van der Waals surface area contributed by atoms with Crippen molar-refractivity contribution in [3.63, 3.8) is 0 Å². The number of H-pyrrole nitrogens is 1. The molecule has 2 aromatic heterocycles. The summed E-state index contributed by atoms with van der Waals surface area (Å²) in [6, 6.07) is 7.65. The molecule has 3 N–H and O–H groups in total. The first-order chi connectivity index (χ1) is 18.0. The number of Topliss-reactive ketones (excluding diaryl/α,β-unsaturated/α-hetero) is 1. The number of carbonyl (C=O) groups excluding carboxylic acids is 1. The number of aromatic nitrogens is 3. The van der Waals surface area contributed by atoms with Crippen molar-refractivity contribution in [2.45, 2.75) is 59.0 Å². The number of aliphatic carboxylic acids is 1. The van der Waals surface area contributed by atoms with Crippen LogP contribution in [0.25, 0.3) is 0 Å². The van der Waals surface area contributed by atoms with E-state index >= 15 is 4.39 Å². The monoisotopic (exact) mass is 545 g/mol. The average Bonchev–Trinajstić information content (AvgIpc) is 3.29. The van der Waals surface area contributed by atoms with Gasteiger partial charge in [-0.1, -0.05) is 30.7 Å². The number of halogens is 3. The van der Waals surface area contributed by atoms with E-state index < -0.39 is 28.8 Å². The van der Waals surface area contributed by atoms with Crippen molar-refractivity contribution in [3.05, 3.63) is 69.5 Å². The molecule has 0 amide bonds. The van der Waals surface area contributed by atoms with Crippen LogP contribution in [-0.2, 0) is 17.8 Å². The van der Waals surface area contributed by atoms with Gasteiger partial charge >= 0.3 is 5.97 Å². The second kappa shape index (κ2) is 11.2. The molecule has 3 aromatic rings. The van der Waals surface area contributed by atoms with Crippen LogP contribution in [-0.4, -0.2) is 49.5 Å². The number of nitrogens with one attached hydrogen (secondary N) is 2. The minimum absolute atomic E-state index is 0.00455. The number of carboxylic acids is 1. The van der Waals surface area contributed by atoms with E-state index in [4.69, 9.17) is 11.6 Å². The standard InChI is InChI=1S/C27H30ClF2N5O3/c1-4-21(36)19-11-18(31-25(24(19)30)32-22-10-15(2)33-34-22)13-27(26(37)38)8-9-35(16(3)12-27)14-17-6-5-7-20(28)23(17)29/h5-7,10-11,16H,4,8-9,12-14H2,1-3H3,(H,37,38)(H2,31,32,33,34)/t16-,27-/m1/s1. The molecule has 2 atom stereocenters. The maximum Gasteiger partial charge on any atom is 0.310 e. The van der Waals surface area contributed by atoms with Gasteiger partial charge in [-0.05, 0) is 45.4 Å². The number of aromatic amines is 1. The fourth-order valence-electron chi connectivity index (χ4n) is 5.03. The lowest BCUT2D eigenvalue weighted by molar-refractivity contribution is -0.153. The first-order valence-electron chi connectivity index (χ1n) is 12.4. The van der Waals surface area contributed by atoms with Crippen LogP contribution in [0.1, 0.15) is 60.4 Å². The van der Waals surface area contributed by atoms with Crippen LogP contribution >= 0.6 is 11.6 Å².